The largest absolute Gasteiger partial charge is 0.478 e. The zero-order chi connectivity index (χ0) is 14.5. The van der Waals surface area contributed by atoms with Crippen molar-refractivity contribution in [2.75, 3.05) is 5.32 Å². The molecule has 1 heterocycles. The van der Waals surface area contributed by atoms with E-state index >= 15 is 0 Å². The van der Waals surface area contributed by atoms with Gasteiger partial charge in [-0.25, -0.2) is 9.59 Å². The van der Waals surface area contributed by atoms with Crippen LogP contribution in [-0.4, -0.2) is 27.3 Å². The first-order valence-corrected chi connectivity index (χ1v) is 5.99. The van der Waals surface area contributed by atoms with Crippen molar-refractivity contribution >= 4 is 29.3 Å². The zero-order valence-corrected chi connectivity index (χ0v) is 10.9. The maximum atomic E-state index is 11.7. The van der Waals surface area contributed by atoms with Crippen LogP contribution in [0.2, 0.25) is 5.02 Å². The third-order valence-corrected chi connectivity index (χ3v) is 2.70. The number of hydrogen-bond acceptors (Lipinski definition) is 3. The molecule has 0 bridgehead atoms. The van der Waals surface area contributed by atoms with E-state index in [0.717, 1.165) is 5.56 Å². The van der Waals surface area contributed by atoms with Crippen molar-refractivity contribution in [3.8, 4) is 0 Å². The fourth-order valence-corrected chi connectivity index (χ4v) is 1.70. The highest BCUT2D eigenvalue weighted by Crippen LogP contribution is 2.20. The molecule has 0 aliphatic carbocycles. The van der Waals surface area contributed by atoms with Gasteiger partial charge in [0, 0.05) is 23.3 Å². The van der Waals surface area contributed by atoms with Gasteiger partial charge in [0.25, 0.3) is 0 Å². The van der Waals surface area contributed by atoms with E-state index in [4.69, 9.17) is 16.7 Å². The SMILES string of the molecule is O=C(NCc1cn[nH]c1)Nc1ccc(Cl)cc1C(=O)O. The number of carbonyl (C=O) groups is 2. The lowest BCUT2D eigenvalue weighted by Crippen LogP contribution is -2.28. The van der Waals surface area contributed by atoms with Crippen LogP contribution in [-0.2, 0) is 6.54 Å². The number of hydrogen-bond donors (Lipinski definition) is 4. The normalized spacial score (nSPS) is 10.1. The number of halogens is 1. The minimum Gasteiger partial charge on any atom is -0.478 e. The van der Waals surface area contributed by atoms with Gasteiger partial charge in [0.15, 0.2) is 0 Å². The third-order valence-electron chi connectivity index (χ3n) is 2.47. The molecular formula is C12H11ClN4O3. The third kappa shape index (κ3) is 3.48. The van der Waals surface area contributed by atoms with Crippen molar-refractivity contribution in [3.63, 3.8) is 0 Å². The summed E-state index contributed by atoms with van der Waals surface area (Å²) in [6.45, 7) is 0.276. The number of rotatable bonds is 4. The fourth-order valence-electron chi connectivity index (χ4n) is 1.53. The van der Waals surface area contributed by atoms with Gasteiger partial charge in [-0.1, -0.05) is 11.6 Å². The van der Waals surface area contributed by atoms with Gasteiger partial charge in [0.05, 0.1) is 17.4 Å². The molecule has 0 atom stereocenters. The van der Waals surface area contributed by atoms with Crippen LogP contribution in [0, 0.1) is 0 Å². The number of nitrogens with one attached hydrogen (secondary N) is 3. The number of carboxylic acids is 1. The molecule has 4 N–H and O–H groups in total. The zero-order valence-electron chi connectivity index (χ0n) is 10.2. The van der Waals surface area contributed by atoms with Crippen LogP contribution in [0.3, 0.4) is 0 Å². The Hall–Kier alpha value is -2.54. The molecule has 1 aromatic heterocycles. The van der Waals surface area contributed by atoms with Crippen molar-refractivity contribution in [1.29, 1.82) is 0 Å². The molecule has 2 aromatic rings. The summed E-state index contributed by atoms with van der Waals surface area (Å²) in [5, 5.41) is 20.7. The van der Waals surface area contributed by atoms with Crippen molar-refractivity contribution in [2.24, 2.45) is 0 Å². The molecular weight excluding hydrogens is 284 g/mol. The predicted molar refractivity (Wildman–Crippen MR) is 72.9 cm³/mol. The highest BCUT2D eigenvalue weighted by Gasteiger charge is 2.13. The molecule has 0 aliphatic rings. The number of amides is 2. The van der Waals surface area contributed by atoms with Crippen molar-refractivity contribution in [3.05, 3.63) is 46.7 Å². The molecule has 104 valence electrons. The molecule has 2 rings (SSSR count). The number of aromatic amines is 1. The quantitative estimate of drug-likeness (QED) is 0.692. The summed E-state index contributed by atoms with van der Waals surface area (Å²) in [5.74, 6) is -1.17. The number of carboxylic acid groups (broad SMARTS) is 1. The average Bonchev–Trinajstić information content (AvgIpc) is 2.91. The molecule has 20 heavy (non-hydrogen) atoms. The Morgan fingerprint density at radius 1 is 1.40 bits per heavy atom. The van der Waals surface area contributed by atoms with Crippen LogP contribution >= 0.6 is 11.6 Å². The van der Waals surface area contributed by atoms with E-state index in [9.17, 15) is 9.59 Å². The molecule has 0 fully saturated rings. The van der Waals surface area contributed by atoms with Gasteiger partial charge in [-0.15, -0.1) is 0 Å². The van der Waals surface area contributed by atoms with Gasteiger partial charge >= 0.3 is 12.0 Å². The minimum atomic E-state index is -1.17. The molecule has 0 spiro atoms. The monoisotopic (exact) mass is 294 g/mol. The van der Waals surface area contributed by atoms with Gasteiger partial charge < -0.3 is 15.7 Å². The molecule has 0 radical (unpaired) electrons. The van der Waals surface area contributed by atoms with E-state index in [1.165, 1.54) is 18.2 Å². The minimum absolute atomic E-state index is 0.0732. The summed E-state index contributed by atoms with van der Waals surface area (Å²) in [7, 11) is 0. The van der Waals surface area contributed by atoms with Crippen LogP contribution in [0.15, 0.2) is 30.6 Å². The second-order valence-electron chi connectivity index (χ2n) is 3.91. The summed E-state index contributed by atoms with van der Waals surface area (Å²) < 4.78 is 0. The standard InChI is InChI=1S/C12H11ClN4O3/c13-8-1-2-10(9(3-8)11(18)19)17-12(20)14-4-7-5-15-16-6-7/h1-3,5-6H,4H2,(H,15,16)(H,18,19)(H2,14,17,20). The number of benzene rings is 1. The molecule has 1 aromatic carbocycles. The Labute approximate surface area is 119 Å². The molecule has 0 saturated carbocycles. The lowest BCUT2D eigenvalue weighted by atomic mass is 10.2. The van der Waals surface area contributed by atoms with E-state index in [1.807, 2.05) is 0 Å². The van der Waals surface area contributed by atoms with Gasteiger partial charge in [-0.05, 0) is 18.2 Å². The van der Waals surface area contributed by atoms with Crippen molar-refractivity contribution < 1.29 is 14.7 Å². The number of urea groups is 1. The Morgan fingerprint density at radius 3 is 2.85 bits per heavy atom. The summed E-state index contributed by atoms with van der Waals surface area (Å²) in [4.78, 5) is 22.7. The van der Waals surface area contributed by atoms with Gasteiger partial charge in [-0.3, -0.25) is 5.10 Å². The summed E-state index contributed by atoms with van der Waals surface area (Å²) in [6, 6.07) is 3.69. The maximum absolute atomic E-state index is 11.7. The average molecular weight is 295 g/mol. The van der Waals surface area contributed by atoms with E-state index in [0.29, 0.717) is 0 Å². The van der Waals surface area contributed by atoms with E-state index in [-0.39, 0.29) is 22.8 Å². The molecule has 7 nitrogen and oxygen atoms in total. The number of nitrogens with zero attached hydrogens (tertiary/aromatic N) is 1. The number of aromatic nitrogens is 2. The first-order valence-electron chi connectivity index (χ1n) is 5.61. The lowest BCUT2D eigenvalue weighted by Gasteiger charge is -2.09. The Kier molecular flexibility index (Phi) is 4.21. The Morgan fingerprint density at radius 2 is 2.20 bits per heavy atom. The maximum Gasteiger partial charge on any atom is 0.337 e. The van der Waals surface area contributed by atoms with Crippen LogP contribution < -0.4 is 10.6 Å². The van der Waals surface area contributed by atoms with Crippen LogP contribution in [0.5, 0.6) is 0 Å². The molecule has 0 aliphatic heterocycles. The second kappa shape index (κ2) is 6.07. The summed E-state index contributed by atoms with van der Waals surface area (Å²) >= 11 is 5.72. The van der Waals surface area contributed by atoms with Crippen LogP contribution in [0.25, 0.3) is 0 Å². The topological polar surface area (TPSA) is 107 Å². The van der Waals surface area contributed by atoms with Crippen molar-refractivity contribution in [2.45, 2.75) is 6.54 Å². The lowest BCUT2D eigenvalue weighted by molar-refractivity contribution is 0.0698. The molecule has 0 unspecified atom stereocenters. The smallest absolute Gasteiger partial charge is 0.337 e. The van der Waals surface area contributed by atoms with Crippen LogP contribution in [0.1, 0.15) is 15.9 Å². The van der Waals surface area contributed by atoms with E-state index in [2.05, 4.69) is 20.8 Å². The number of aromatic carboxylic acids is 1. The first-order chi connectivity index (χ1) is 9.56. The Bertz CT molecular complexity index is 628. The van der Waals surface area contributed by atoms with Gasteiger partial charge in [-0.2, -0.15) is 5.10 Å². The van der Waals surface area contributed by atoms with E-state index < -0.39 is 12.0 Å². The Balaban J connectivity index is 2.02. The highest BCUT2D eigenvalue weighted by atomic mass is 35.5. The fraction of sp³-hybridized carbons (Fsp3) is 0.0833. The number of H-pyrrole nitrogens is 1. The second-order valence-corrected chi connectivity index (χ2v) is 4.35. The highest BCUT2D eigenvalue weighted by molar-refractivity contribution is 6.31. The number of carbonyl (C=O) groups excluding carboxylic acids is 1. The summed E-state index contributed by atoms with van der Waals surface area (Å²) in [5.41, 5.74) is 0.900. The number of anilines is 1. The molecule has 0 saturated heterocycles. The van der Waals surface area contributed by atoms with Crippen molar-refractivity contribution in [1.82, 2.24) is 15.5 Å². The van der Waals surface area contributed by atoms with Gasteiger partial charge in [0.2, 0.25) is 0 Å². The predicted octanol–water partition coefficient (Wildman–Crippen LogP) is 2.08. The van der Waals surface area contributed by atoms with E-state index in [1.54, 1.807) is 12.4 Å². The van der Waals surface area contributed by atoms with Crippen LogP contribution in [0.4, 0.5) is 10.5 Å². The molecule has 2 amide bonds. The summed E-state index contributed by atoms with van der Waals surface area (Å²) in [6.07, 6.45) is 3.22. The molecule has 8 heteroatoms. The first kappa shape index (κ1) is 13.9. The van der Waals surface area contributed by atoms with Gasteiger partial charge in [0.1, 0.15) is 0 Å².